The molecule has 1 aliphatic rings. The van der Waals surface area contributed by atoms with Crippen LogP contribution in [-0.4, -0.2) is 37.6 Å². The molecule has 1 atom stereocenters. The number of halogens is 3. The van der Waals surface area contributed by atoms with Gasteiger partial charge in [-0.1, -0.05) is 17.7 Å². The van der Waals surface area contributed by atoms with Gasteiger partial charge in [0.1, 0.15) is 11.6 Å². The van der Waals surface area contributed by atoms with Crippen molar-refractivity contribution < 1.29 is 22.0 Å². The first-order valence-corrected chi connectivity index (χ1v) is 10.9. The summed E-state index contributed by atoms with van der Waals surface area (Å²) in [6.07, 6.45) is 1.18. The minimum absolute atomic E-state index is 0.0456. The molecule has 0 bridgehead atoms. The van der Waals surface area contributed by atoms with Gasteiger partial charge in [0.15, 0.2) is 9.84 Å². The molecule has 1 heterocycles. The molecule has 0 N–H and O–H groups in total. The molecule has 0 spiro atoms. The molecule has 150 valence electrons. The van der Waals surface area contributed by atoms with Crippen LogP contribution in [0.4, 0.5) is 8.78 Å². The number of likely N-dealkylation sites (tertiary alicyclic amines) is 1. The van der Waals surface area contributed by atoms with E-state index >= 15 is 0 Å². The molecule has 4 nitrogen and oxygen atoms in total. The van der Waals surface area contributed by atoms with Crippen LogP contribution in [0, 0.1) is 11.6 Å². The molecular formula is C20H20ClF2NO3S. The maximum atomic E-state index is 13.9. The second-order valence-corrected chi connectivity index (χ2v) is 9.44. The van der Waals surface area contributed by atoms with Gasteiger partial charge in [-0.2, -0.15) is 0 Å². The van der Waals surface area contributed by atoms with Crippen molar-refractivity contribution in [3.63, 3.8) is 0 Å². The Bertz CT molecular complexity index is 944. The molecule has 1 amide bonds. The highest BCUT2D eigenvalue weighted by Crippen LogP contribution is 2.25. The van der Waals surface area contributed by atoms with E-state index in [1.54, 1.807) is 6.07 Å². The van der Waals surface area contributed by atoms with Crippen LogP contribution >= 0.6 is 11.6 Å². The summed E-state index contributed by atoms with van der Waals surface area (Å²) >= 11 is 5.99. The molecule has 28 heavy (non-hydrogen) atoms. The Morgan fingerprint density at radius 3 is 2.54 bits per heavy atom. The highest BCUT2D eigenvalue weighted by Gasteiger charge is 2.33. The smallest absolute Gasteiger partial charge is 0.222 e. The molecule has 2 aromatic carbocycles. The van der Waals surface area contributed by atoms with Crippen LogP contribution in [0.5, 0.6) is 0 Å². The maximum absolute atomic E-state index is 13.9. The lowest BCUT2D eigenvalue weighted by atomic mass is 10.1. The van der Waals surface area contributed by atoms with Gasteiger partial charge in [0.05, 0.1) is 10.1 Å². The molecule has 3 rings (SSSR count). The van der Waals surface area contributed by atoms with Gasteiger partial charge in [0.2, 0.25) is 5.91 Å². The van der Waals surface area contributed by atoms with Gasteiger partial charge in [-0.25, -0.2) is 17.2 Å². The van der Waals surface area contributed by atoms with E-state index in [4.69, 9.17) is 11.6 Å². The van der Waals surface area contributed by atoms with Gasteiger partial charge in [-0.3, -0.25) is 4.79 Å². The molecule has 0 unspecified atom stereocenters. The van der Waals surface area contributed by atoms with Crippen LogP contribution in [0.3, 0.4) is 0 Å². The fraction of sp³-hybridized carbons (Fsp3) is 0.350. The number of benzene rings is 2. The number of carbonyl (C=O) groups excluding carboxylic acids is 1. The maximum Gasteiger partial charge on any atom is 0.222 e. The summed E-state index contributed by atoms with van der Waals surface area (Å²) in [5, 5.41) is -0.476. The van der Waals surface area contributed by atoms with Crippen molar-refractivity contribution in [2.45, 2.75) is 35.8 Å². The number of amides is 1. The second kappa shape index (κ2) is 8.57. The zero-order valence-corrected chi connectivity index (χ0v) is 16.6. The third kappa shape index (κ3) is 4.52. The van der Waals surface area contributed by atoms with Gasteiger partial charge < -0.3 is 4.90 Å². The Labute approximate surface area is 168 Å². The normalized spacial score (nSPS) is 17.5. The molecule has 8 heteroatoms. The lowest BCUT2D eigenvalue weighted by molar-refractivity contribution is -0.131. The molecule has 0 aromatic heterocycles. The summed E-state index contributed by atoms with van der Waals surface area (Å²) in [5.41, 5.74) is 0.282. The monoisotopic (exact) mass is 427 g/mol. The molecule has 1 saturated heterocycles. The van der Waals surface area contributed by atoms with E-state index in [0.717, 1.165) is 12.1 Å². The minimum atomic E-state index is -3.67. The molecule has 1 fully saturated rings. The van der Waals surface area contributed by atoms with Crippen molar-refractivity contribution in [3.05, 3.63) is 64.7 Å². The van der Waals surface area contributed by atoms with E-state index in [1.807, 2.05) is 0 Å². The summed E-state index contributed by atoms with van der Waals surface area (Å²) in [4.78, 5) is 14.1. The minimum Gasteiger partial charge on any atom is -0.341 e. The molecule has 1 aliphatic heterocycles. The highest BCUT2D eigenvalue weighted by atomic mass is 35.5. The number of piperidine rings is 1. The van der Waals surface area contributed by atoms with Gasteiger partial charge in [-0.05, 0) is 55.7 Å². The Hall–Kier alpha value is -1.99. The zero-order valence-electron chi connectivity index (χ0n) is 15.1. The van der Waals surface area contributed by atoms with Crippen LogP contribution in [0.15, 0.2) is 47.4 Å². The zero-order chi connectivity index (χ0) is 20.3. The van der Waals surface area contributed by atoms with Crippen molar-refractivity contribution >= 4 is 27.3 Å². The first-order valence-electron chi connectivity index (χ1n) is 8.99. The SMILES string of the molecule is O=C(CCc1c(F)cccc1Cl)N1CCC[C@H](S(=O)(=O)c2ccc(F)cc2)C1. The van der Waals surface area contributed by atoms with Crippen LogP contribution in [0.25, 0.3) is 0 Å². The quantitative estimate of drug-likeness (QED) is 0.677. The second-order valence-electron chi connectivity index (χ2n) is 6.80. The molecule has 0 saturated carbocycles. The Balaban J connectivity index is 1.67. The number of nitrogens with zero attached hydrogens (tertiary/aromatic N) is 1. The van der Waals surface area contributed by atoms with E-state index in [1.165, 1.54) is 29.2 Å². The van der Waals surface area contributed by atoms with E-state index in [-0.39, 0.29) is 40.8 Å². The van der Waals surface area contributed by atoms with Crippen molar-refractivity contribution in [3.8, 4) is 0 Å². The number of rotatable bonds is 5. The lowest BCUT2D eigenvalue weighted by Crippen LogP contribution is -2.45. The van der Waals surface area contributed by atoms with Crippen molar-refractivity contribution in [2.75, 3.05) is 13.1 Å². The van der Waals surface area contributed by atoms with Crippen molar-refractivity contribution in [1.29, 1.82) is 0 Å². The standard InChI is InChI=1S/C20H20ClF2NO3S/c21-18-4-1-5-19(23)17(18)10-11-20(25)24-12-2-3-16(13-24)28(26,27)15-8-6-14(22)7-9-15/h1,4-9,16H,2-3,10-13H2/t16-/m0/s1. The molecule has 0 radical (unpaired) electrons. The van der Waals surface area contributed by atoms with Gasteiger partial charge in [-0.15, -0.1) is 0 Å². The van der Waals surface area contributed by atoms with Crippen LogP contribution in [0.1, 0.15) is 24.8 Å². The van der Waals surface area contributed by atoms with Crippen LogP contribution < -0.4 is 0 Å². The van der Waals surface area contributed by atoms with Gasteiger partial charge in [0.25, 0.3) is 0 Å². The van der Waals surface area contributed by atoms with Gasteiger partial charge >= 0.3 is 0 Å². The first kappa shape index (κ1) is 20.7. The van der Waals surface area contributed by atoms with Gasteiger partial charge in [0, 0.05) is 30.1 Å². The highest BCUT2D eigenvalue weighted by molar-refractivity contribution is 7.92. The molecular weight excluding hydrogens is 408 g/mol. The summed E-state index contributed by atoms with van der Waals surface area (Å²) in [7, 11) is -3.67. The number of sulfone groups is 1. The third-order valence-electron chi connectivity index (χ3n) is 4.96. The predicted octanol–water partition coefficient (Wildman–Crippen LogP) is 4.02. The topological polar surface area (TPSA) is 54.5 Å². The fourth-order valence-corrected chi connectivity index (χ4v) is 5.41. The summed E-state index contributed by atoms with van der Waals surface area (Å²) < 4.78 is 52.6. The summed E-state index contributed by atoms with van der Waals surface area (Å²) in [5.74, 6) is -1.21. The average molecular weight is 428 g/mol. The van der Waals surface area contributed by atoms with Crippen LogP contribution in [-0.2, 0) is 21.1 Å². The predicted molar refractivity (Wildman–Crippen MR) is 103 cm³/mol. The van der Waals surface area contributed by atoms with Crippen molar-refractivity contribution in [2.24, 2.45) is 0 Å². The fourth-order valence-electron chi connectivity index (χ4n) is 3.40. The Morgan fingerprint density at radius 2 is 1.86 bits per heavy atom. The third-order valence-corrected chi connectivity index (χ3v) is 7.51. The Kier molecular flexibility index (Phi) is 6.35. The number of hydrogen-bond acceptors (Lipinski definition) is 3. The summed E-state index contributed by atoms with van der Waals surface area (Å²) in [6.45, 7) is 0.531. The molecule has 0 aliphatic carbocycles. The van der Waals surface area contributed by atoms with E-state index in [9.17, 15) is 22.0 Å². The summed E-state index contributed by atoms with van der Waals surface area (Å²) in [6, 6.07) is 9.05. The number of hydrogen-bond donors (Lipinski definition) is 0. The van der Waals surface area contributed by atoms with Crippen LogP contribution in [0.2, 0.25) is 5.02 Å². The average Bonchev–Trinajstić information content (AvgIpc) is 2.68. The molecule has 2 aromatic rings. The Morgan fingerprint density at radius 1 is 1.14 bits per heavy atom. The number of carbonyl (C=O) groups is 1. The van der Waals surface area contributed by atoms with E-state index in [2.05, 4.69) is 0 Å². The first-order chi connectivity index (χ1) is 13.3. The largest absolute Gasteiger partial charge is 0.341 e. The van der Waals surface area contributed by atoms with E-state index in [0.29, 0.717) is 19.4 Å². The van der Waals surface area contributed by atoms with E-state index < -0.39 is 26.7 Å². The van der Waals surface area contributed by atoms with Crippen molar-refractivity contribution in [1.82, 2.24) is 4.90 Å². The lowest BCUT2D eigenvalue weighted by Gasteiger charge is -2.32.